The quantitative estimate of drug-likeness (QED) is 0.689. The van der Waals surface area contributed by atoms with Crippen LogP contribution in [-0.2, 0) is 4.74 Å². The molecule has 0 saturated heterocycles. The number of hydrogen-bond acceptors (Lipinski definition) is 4. The number of carbonyl (C=O) groups is 1. The molecule has 98 valence electrons. The van der Waals surface area contributed by atoms with Gasteiger partial charge in [-0.05, 0) is 30.3 Å². The van der Waals surface area contributed by atoms with Crippen molar-refractivity contribution in [2.24, 2.45) is 0 Å². The molecule has 0 atom stereocenters. The summed E-state index contributed by atoms with van der Waals surface area (Å²) < 4.78 is 10.3. The Morgan fingerprint density at radius 1 is 1.21 bits per heavy atom. The normalized spacial score (nSPS) is 10.0. The van der Waals surface area contributed by atoms with Crippen LogP contribution in [0, 0.1) is 0 Å². The topological polar surface area (TPSA) is 61.5 Å². The molecular weight excluding hydrogens is 266 g/mol. The van der Waals surface area contributed by atoms with Crippen LogP contribution in [-0.4, -0.2) is 13.1 Å². The molecule has 0 aliphatic rings. The van der Waals surface area contributed by atoms with Crippen molar-refractivity contribution in [1.82, 2.24) is 0 Å². The first kappa shape index (κ1) is 13.2. The van der Waals surface area contributed by atoms with Crippen molar-refractivity contribution in [2.75, 3.05) is 12.8 Å². The fourth-order valence-electron chi connectivity index (χ4n) is 1.58. The number of para-hydroxylation sites is 1. The van der Waals surface area contributed by atoms with E-state index in [9.17, 15) is 4.79 Å². The number of methoxy groups -OCH3 is 1. The van der Waals surface area contributed by atoms with Gasteiger partial charge in [0.05, 0.1) is 18.4 Å². The average Bonchev–Trinajstić information content (AvgIpc) is 2.40. The molecule has 2 rings (SSSR count). The first-order valence-corrected chi connectivity index (χ1v) is 5.90. The molecule has 0 aliphatic carbocycles. The molecule has 0 heterocycles. The molecule has 2 aromatic carbocycles. The number of ether oxygens (including phenoxy) is 2. The molecule has 2 aromatic rings. The van der Waals surface area contributed by atoms with Gasteiger partial charge in [-0.2, -0.15) is 0 Å². The summed E-state index contributed by atoms with van der Waals surface area (Å²) in [6, 6.07) is 11.8. The minimum atomic E-state index is -0.506. The predicted molar refractivity (Wildman–Crippen MR) is 73.7 cm³/mol. The van der Waals surface area contributed by atoms with Gasteiger partial charge in [0.15, 0.2) is 5.75 Å². The van der Waals surface area contributed by atoms with E-state index < -0.39 is 5.97 Å². The molecule has 19 heavy (non-hydrogen) atoms. The Labute approximate surface area is 115 Å². The molecule has 0 unspecified atom stereocenters. The number of anilines is 1. The van der Waals surface area contributed by atoms with Gasteiger partial charge >= 0.3 is 5.97 Å². The van der Waals surface area contributed by atoms with Crippen molar-refractivity contribution >= 4 is 23.3 Å². The van der Waals surface area contributed by atoms with Gasteiger partial charge in [0.25, 0.3) is 0 Å². The maximum Gasteiger partial charge on any atom is 0.340 e. The third kappa shape index (κ3) is 2.98. The minimum Gasteiger partial charge on any atom is -0.465 e. The second kappa shape index (κ2) is 5.63. The third-order valence-electron chi connectivity index (χ3n) is 2.50. The summed E-state index contributed by atoms with van der Waals surface area (Å²) in [4.78, 5) is 11.5. The number of benzene rings is 2. The second-order valence-electron chi connectivity index (χ2n) is 3.77. The molecule has 2 N–H and O–H groups in total. The highest BCUT2D eigenvalue weighted by Gasteiger charge is 2.14. The fourth-order valence-corrected chi connectivity index (χ4v) is 1.76. The van der Waals surface area contributed by atoms with E-state index in [1.165, 1.54) is 7.11 Å². The molecular formula is C14H12ClNO3. The van der Waals surface area contributed by atoms with Crippen LogP contribution in [0.3, 0.4) is 0 Å². The predicted octanol–water partition coefficient (Wildman–Crippen LogP) is 3.50. The SMILES string of the molecule is COC(=O)c1cccc(Oc2cccc(Cl)c2)c1N. The van der Waals surface area contributed by atoms with Crippen molar-refractivity contribution in [3.8, 4) is 11.5 Å². The highest BCUT2D eigenvalue weighted by Crippen LogP contribution is 2.31. The van der Waals surface area contributed by atoms with Crippen molar-refractivity contribution in [3.05, 3.63) is 53.1 Å². The third-order valence-corrected chi connectivity index (χ3v) is 2.73. The maximum atomic E-state index is 11.5. The Balaban J connectivity index is 2.33. The van der Waals surface area contributed by atoms with E-state index in [0.29, 0.717) is 16.5 Å². The molecule has 4 nitrogen and oxygen atoms in total. The number of nitrogens with two attached hydrogens (primary N) is 1. The first-order chi connectivity index (χ1) is 9.11. The summed E-state index contributed by atoms with van der Waals surface area (Å²) in [7, 11) is 1.30. The molecule has 0 spiro atoms. The zero-order valence-electron chi connectivity index (χ0n) is 10.2. The highest BCUT2D eigenvalue weighted by atomic mass is 35.5. The number of halogens is 1. The van der Waals surface area contributed by atoms with E-state index >= 15 is 0 Å². The van der Waals surface area contributed by atoms with Gasteiger partial charge < -0.3 is 15.2 Å². The lowest BCUT2D eigenvalue weighted by atomic mass is 10.1. The van der Waals surface area contributed by atoms with Crippen molar-refractivity contribution < 1.29 is 14.3 Å². The Hall–Kier alpha value is -2.20. The van der Waals surface area contributed by atoms with Gasteiger partial charge in [-0.25, -0.2) is 4.79 Å². The lowest BCUT2D eigenvalue weighted by molar-refractivity contribution is 0.0601. The molecule has 0 radical (unpaired) electrons. The van der Waals surface area contributed by atoms with Crippen LogP contribution in [0.15, 0.2) is 42.5 Å². The summed E-state index contributed by atoms with van der Waals surface area (Å²) in [5.41, 5.74) is 6.38. The zero-order chi connectivity index (χ0) is 13.8. The molecule has 5 heteroatoms. The summed E-state index contributed by atoms with van der Waals surface area (Å²) in [5, 5.41) is 0.556. The first-order valence-electron chi connectivity index (χ1n) is 5.52. The standard InChI is InChI=1S/C14H12ClNO3/c1-18-14(17)11-6-3-7-12(13(11)16)19-10-5-2-4-9(15)8-10/h2-8H,16H2,1H3. The molecule has 0 fully saturated rings. The van der Waals surface area contributed by atoms with Crippen LogP contribution in [0.5, 0.6) is 11.5 Å². The highest BCUT2D eigenvalue weighted by molar-refractivity contribution is 6.30. The van der Waals surface area contributed by atoms with Crippen molar-refractivity contribution in [1.29, 1.82) is 0 Å². The Morgan fingerprint density at radius 2 is 1.95 bits per heavy atom. The summed E-state index contributed by atoms with van der Waals surface area (Å²) >= 11 is 5.87. The molecule has 0 amide bonds. The molecule has 0 aliphatic heterocycles. The molecule has 0 aromatic heterocycles. The van der Waals surface area contributed by atoms with Crippen LogP contribution < -0.4 is 10.5 Å². The van der Waals surface area contributed by atoms with Crippen LogP contribution in [0.2, 0.25) is 5.02 Å². The number of carbonyl (C=O) groups excluding carboxylic acids is 1. The number of hydrogen-bond donors (Lipinski definition) is 1. The van der Waals surface area contributed by atoms with E-state index in [4.69, 9.17) is 22.1 Å². The summed E-state index contributed by atoms with van der Waals surface area (Å²) in [6.45, 7) is 0. The van der Waals surface area contributed by atoms with Gasteiger partial charge in [-0.3, -0.25) is 0 Å². The lowest BCUT2D eigenvalue weighted by Crippen LogP contribution is -2.06. The second-order valence-corrected chi connectivity index (χ2v) is 4.20. The fraction of sp³-hybridized carbons (Fsp3) is 0.0714. The Bertz CT molecular complexity index is 613. The average molecular weight is 278 g/mol. The zero-order valence-corrected chi connectivity index (χ0v) is 11.0. The molecule has 0 saturated carbocycles. The molecule has 0 bridgehead atoms. The van der Waals surface area contributed by atoms with Crippen LogP contribution in [0.25, 0.3) is 0 Å². The number of nitrogen functional groups attached to an aromatic ring is 1. The van der Waals surface area contributed by atoms with E-state index in [2.05, 4.69) is 4.74 Å². The largest absolute Gasteiger partial charge is 0.465 e. The van der Waals surface area contributed by atoms with E-state index in [1.807, 2.05) is 0 Å². The smallest absolute Gasteiger partial charge is 0.340 e. The van der Waals surface area contributed by atoms with E-state index in [0.717, 1.165) is 0 Å². The number of rotatable bonds is 3. The van der Waals surface area contributed by atoms with Gasteiger partial charge in [0.2, 0.25) is 0 Å². The van der Waals surface area contributed by atoms with Crippen LogP contribution in [0.1, 0.15) is 10.4 Å². The van der Waals surface area contributed by atoms with Crippen LogP contribution in [0.4, 0.5) is 5.69 Å². The van der Waals surface area contributed by atoms with E-state index in [1.54, 1.807) is 42.5 Å². The maximum absolute atomic E-state index is 11.5. The van der Waals surface area contributed by atoms with Gasteiger partial charge in [0, 0.05) is 5.02 Å². The number of esters is 1. The van der Waals surface area contributed by atoms with Crippen molar-refractivity contribution in [3.63, 3.8) is 0 Å². The summed E-state index contributed by atoms with van der Waals surface area (Å²) in [6.07, 6.45) is 0. The Kier molecular flexibility index (Phi) is 3.92. The van der Waals surface area contributed by atoms with E-state index in [-0.39, 0.29) is 11.3 Å². The van der Waals surface area contributed by atoms with Gasteiger partial charge in [-0.15, -0.1) is 0 Å². The summed E-state index contributed by atoms with van der Waals surface area (Å²) in [5.74, 6) is 0.417. The Morgan fingerprint density at radius 3 is 2.63 bits per heavy atom. The van der Waals surface area contributed by atoms with Crippen LogP contribution >= 0.6 is 11.6 Å². The monoisotopic (exact) mass is 277 g/mol. The van der Waals surface area contributed by atoms with Gasteiger partial charge in [-0.1, -0.05) is 23.7 Å². The minimum absolute atomic E-state index is 0.231. The van der Waals surface area contributed by atoms with Crippen molar-refractivity contribution in [2.45, 2.75) is 0 Å². The van der Waals surface area contributed by atoms with Gasteiger partial charge in [0.1, 0.15) is 5.75 Å². The lowest BCUT2D eigenvalue weighted by Gasteiger charge is -2.11.